The molecule has 1 rings (SSSR count). The molecule has 1 heterocycles. The Morgan fingerprint density at radius 3 is 3.06 bits per heavy atom. The highest BCUT2D eigenvalue weighted by Gasteiger charge is 2.13. The molecule has 0 aliphatic carbocycles. The second-order valence-corrected chi connectivity index (χ2v) is 3.74. The molecule has 0 aliphatic heterocycles. The van der Waals surface area contributed by atoms with Crippen molar-refractivity contribution in [1.82, 2.24) is 4.98 Å². The van der Waals surface area contributed by atoms with Crippen molar-refractivity contribution in [3.05, 3.63) is 36.5 Å². The van der Waals surface area contributed by atoms with Crippen LogP contribution in [0.25, 0.3) is 0 Å². The van der Waals surface area contributed by atoms with Crippen LogP contribution in [0.4, 0.5) is 5.82 Å². The number of hydrogen-bond acceptors (Lipinski definition) is 3. The number of carbonyl (C=O) groups is 1. The first kappa shape index (κ1) is 13.4. The zero-order valence-electron chi connectivity index (χ0n) is 10.3. The summed E-state index contributed by atoms with van der Waals surface area (Å²) in [5.41, 5.74) is 0.864. The Bertz CT molecular complexity index is 391. The van der Waals surface area contributed by atoms with Crippen LogP contribution in [0, 0.1) is 6.92 Å². The Labute approximate surface area is 102 Å². The SMILES string of the molecule is C=CCCOC(C)C(=O)Nc1cccc(C)n1. The number of anilines is 1. The Morgan fingerprint density at radius 1 is 1.65 bits per heavy atom. The van der Waals surface area contributed by atoms with Gasteiger partial charge in [0.25, 0.3) is 5.91 Å². The van der Waals surface area contributed by atoms with Gasteiger partial charge in [-0.1, -0.05) is 12.1 Å². The van der Waals surface area contributed by atoms with E-state index in [1.165, 1.54) is 0 Å². The van der Waals surface area contributed by atoms with Crippen LogP contribution in [0.3, 0.4) is 0 Å². The Morgan fingerprint density at radius 2 is 2.41 bits per heavy atom. The van der Waals surface area contributed by atoms with Crippen molar-refractivity contribution in [1.29, 1.82) is 0 Å². The van der Waals surface area contributed by atoms with E-state index in [4.69, 9.17) is 4.74 Å². The number of carbonyl (C=O) groups excluding carboxylic acids is 1. The van der Waals surface area contributed by atoms with E-state index in [0.717, 1.165) is 12.1 Å². The topological polar surface area (TPSA) is 51.2 Å². The average molecular weight is 234 g/mol. The minimum Gasteiger partial charge on any atom is -0.368 e. The highest BCUT2D eigenvalue weighted by atomic mass is 16.5. The Kier molecular flexibility index (Phi) is 5.36. The molecule has 0 radical (unpaired) electrons. The maximum absolute atomic E-state index is 11.7. The molecule has 0 saturated carbocycles. The highest BCUT2D eigenvalue weighted by Crippen LogP contribution is 2.05. The lowest BCUT2D eigenvalue weighted by Crippen LogP contribution is -2.28. The number of hydrogen-bond donors (Lipinski definition) is 1. The summed E-state index contributed by atoms with van der Waals surface area (Å²) in [6.07, 6.45) is 2.00. The van der Waals surface area contributed by atoms with Crippen LogP contribution in [0.15, 0.2) is 30.9 Å². The highest BCUT2D eigenvalue weighted by molar-refractivity contribution is 5.93. The summed E-state index contributed by atoms with van der Waals surface area (Å²) in [6.45, 7) is 7.68. The number of aromatic nitrogens is 1. The van der Waals surface area contributed by atoms with Crippen LogP contribution >= 0.6 is 0 Å². The third-order valence-electron chi connectivity index (χ3n) is 2.20. The van der Waals surface area contributed by atoms with Gasteiger partial charge in [0, 0.05) is 5.69 Å². The van der Waals surface area contributed by atoms with Crippen LogP contribution < -0.4 is 5.32 Å². The molecule has 0 saturated heterocycles. The molecular weight excluding hydrogens is 216 g/mol. The van der Waals surface area contributed by atoms with E-state index >= 15 is 0 Å². The lowest BCUT2D eigenvalue weighted by Gasteiger charge is -2.12. The molecule has 4 heteroatoms. The number of aryl methyl sites for hydroxylation is 1. The van der Waals surface area contributed by atoms with E-state index in [0.29, 0.717) is 12.4 Å². The maximum atomic E-state index is 11.7. The van der Waals surface area contributed by atoms with Gasteiger partial charge in [-0.25, -0.2) is 4.98 Å². The summed E-state index contributed by atoms with van der Waals surface area (Å²) in [4.78, 5) is 15.9. The van der Waals surface area contributed by atoms with Crippen molar-refractivity contribution in [2.45, 2.75) is 26.4 Å². The fourth-order valence-corrected chi connectivity index (χ4v) is 1.24. The van der Waals surface area contributed by atoms with E-state index in [-0.39, 0.29) is 5.91 Å². The first-order valence-corrected chi connectivity index (χ1v) is 5.60. The summed E-state index contributed by atoms with van der Waals surface area (Å²) in [7, 11) is 0. The van der Waals surface area contributed by atoms with Gasteiger partial charge in [0.05, 0.1) is 6.61 Å². The predicted molar refractivity (Wildman–Crippen MR) is 67.8 cm³/mol. The van der Waals surface area contributed by atoms with Gasteiger partial charge in [0.1, 0.15) is 11.9 Å². The van der Waals surface area contributed by atoms with Gasteiger partial charge in [0.2, 0.25) is 0 Å². The molecule has 17 heavy (non-hydrogen) atoms. The lowest BCUT2D eigenvalue weighted by atomic mass is 10.3. The summed E-state index contributed by atoms with van der Waals surface area (Å²) >= 11 is 0. The molecule has 0 fully saturated rings. The monoisotopic (exact) mass is 234 g/mol. The lowest BCUT2D eigenvalue weighted by molar-refractivity contribution is -0.126. The van der Waals surface area contributed by atoms with E-state index < -0.39 is 6.10 Å². The average Bonchev–Trinajstić information content (AvgIpc) is 2.29. The largest absolute Gasteiger partial charge is 0.368 e. The van der Waals surface area contributed by atoms with E-state index in [2.05, 4.69) is 16.9 Å². The van der Waals surface area contributed by atoms with Crippen LogP contribution in [-0.2, 0) is 9.53 Å². The molecule has 1 aromatic heterocycles. The molecular formula is C13H18N2O2. The van der Waals surface area contributed by atoms with Crippen molar-refractivity contribution in [2.24, 2.45) is 0 Å². The number of rotatable bonds is 6. The number of amides is 1. The Balaban J connectivity index is 2.45. The van der Waals surface area contributed by atoms with Gasteiger partial charge < -0.3 is 10.1 Å². The first-order chi connectivity index (χ1) is 8.13. The van der Waals surface area contributed by atoms with Crippen molar-refractivity contribution in [3.63, 3.8) is 0 Å². The van der Waals surface area contributed by atoms with Gasteiger partial charge in [-0.3, -0.25) is 4.79 Å². The summed E-state index contributed by atoms with van der Waals surface area (Å²) in [5, 5.41) is 2.71. The molecule has 4 nitrogen and oxygen atoms in total. The quantitative estimate of drug-likeness (QED) is 0.607. The fraction of sp³-hybridized carbons (Fsp3) is 0.385. The van der Waals surface area contributed by atoms with E-state index in [1.54, 1.807) is 19.1 Å². The van der Waals surface area contributed by atoms with Gasteiger partial charge in [-0.2, -0.15) is 0 Å². The maximum Gasteiger partial charge on any atom is 0.254 e. The molecule has 0 bridgehead atoms. The Hall–Kier alpha value is -1.68. The second kappa shape index (κ2) is 6.81. The second-order valence-electron chi connectivity index (χ2n) is 3.74. The zero-order chi connectivity index (χ0) is 12.7. The summed E-state index contributed by atoms with van der Waals surface area (Å²) in [5.74, 6) is 0.362. The molecule has 0 aromatic carbocycles. The van der Waals surface area contributed by atoms with E-state index in [1.807, 2.05) is 19.1 Å². The standard InChI is InChI=1S/C13H18N2O2/c1-4-5-9-17-11(3)13(16)15-12-8-6-7-10(2)14-12/h4,6-8,11H,1,5,9H2,2-3H3,(H,14,15,16). The molecule has 0 aliphatic rings. The minimum absolute atomic E-state index is 0.188. The number of nitrogens with zero attached hydrogens (tertiary/aromatic N) is 1. The smallest absolute Gasteiger partial charge is 0.254 e. The van der Waals surface area contributed by atoms with Crippen molar-refractivity contribution in [3.8, 4) is 0 Å². The van der Waals surface area contributed by atoms with Crippen LogP contribution in [0.1, 0.15) is 19.0 Å². The molecule has 0 spiro atoms. The van der Waals surface area contributed by atoms with E-state index in [9.17, 15) is 4.79 Å². The summed E-state index contributed by atoms with van der Waals surface area (Å²) < 4.78 is 5.34. The minimum atomic E-state index is -0.489. The molecule has 1 N–H and O–H groups in total. The van der Waals surface area contributed by atoms with Crippen LogP contribution in [-0.4, -0.2) is 23.6 Å². The predicted octanol–water partition coefficient (Wildman–Crippen LogP) is 2.31. The van der Waals surface area contributed by atoms with Gasteiger partial charge in [-0.15, -0.1) is 6.58 Å². The molecule has 1 aromatic rings. The number of ether oxygens (including phenoxy) is 1. The molecule has 1 atom stereocenters. The molecule has 1 amide bonds. The van der Waals surface area contributed by atoms with Crippen LogP contribution in [0.5, 0.6) is 0 Å². The van der Waals surface area contributed by atoms with Gasteiger partial charge >= 0.3 is 0 Å². The molecule has 92 valence electrons. The fourth-order valence-electron chi connectivity index (χ4n) is 1.24. The zero-order valence-corrected chi connectivity index (χ0v) is 10.3. The third kappa shape index (κ3) is 4.78. The van der Waals surface area contributed by atoms with Crippen molar-refractivity contribution in [2.75, 3.05) is 11.9 Å². The van der Waals surface area contributed by atoms with Crippen molar-refractivity contribution >= 4 is 11.7 Å². The first-order valence-electron chi connectivity index (χ1n) is 5.60. The van der Waals surface area contributed by atoms with Gasteiger partial charge in [0.15, 0.2) is 0 Å². The number of pyridine rings is 1. The van der Waals surface area contributed by atoms with Crippen LogP contribution in [0.2, 0.25) is 0 Å². The molecule has 1 unspecified atom stereocenters. The summed E-state index contributed by atoms with van der Waals surface area (Å²) in [6, 6.07) is 5.47. The third-order valence-corrected chi connectivity index (χ3v) is 2.20. The normalized spacial score (nSPS) is 11.9. The van der Waals surface area contributed by atoms with Gasteiger partial charge in [-0.05, 0) is 32.4 Å². The van der Waals surface area contributed by atoms with Crippen molar-refractivity contribution < 1.29 is 9.53 Å². The number of nitrogens with one attached hydrogen (secondary N) is 1.